The third kappa shape index (κ3) is 6.39. The molecular weight excluding hydrogens is 687 g/mol. The average Bonchev–Trinajstić information content (AvgIpc) is 3.66. The zero-order chi connectivity index (χ0) is 36.6. The van der Waals surface area contributed by atoms with Gasteiger partial charge < -0.3 is 0 Å². The molecule has 55 heavy (non-hydrogen) atoms. The van der Waals surface area contributed by atoms with Gasteiger partial charge in [-0.25, -0.2) is 15.0 Å². The summed E-state index contributed by atoms with van der Waals surface area (Å²) in [6.45, 7) is 0. The monoisotopic (exact) mass is 719 g/mol. The molecule has 10 rings (SSSR count). The topological polar surface area (TPSA) is 38.7 Å². The summed E-state index contributed by atoms with van der Waals surface area (Å²) < 4.78 is 2.43. The van der Waals surface area contributed by atoms with Crippen LogP contribution in [0.1, 0.15) is 0 Å². The molecule has 0 N–H and O–H groups in total. The van der Waals surface area contributed by atoms with Crippen molar-refractivity contribution in [2.45, 2.75) is 0 Å². The molecule has 0 unspecified atom stereocenters. The molecule has 0 saturated carbocycles. The number of benzene rings is 8. The van der Waals surface area contributed by atoms with Gasteiger partial charge in [-0.1, -0.05) is 176 Å². The van der Waals surface area contributed by atoms with Crippen molar-refractivity contribution in [3.63, 3.8) is 0 Å². The molecule has 0 aliphatic carbocycles. The van der Waals surface area contributed by atoms with Crippen molar-refractivity contribution in [2.75, 3.05) is 0 Å². The summed E-state index contributed by atoms with van der Waals surface area (Å²) in [5.41, 5.74) is 12.4. The highest BCUT2D eigenvalue weighted by Crippen LogP contribution is 2.42. The second-order valence-electron chi connectivity index (χ2n) is 13.6. The van der Waals surface area contributed by atoms with E-state index in [4.69, 9.17) is 15.0 Å². The summed E-state index contributed by atoms with van der Waals surface area (Å²) in [5, 5.41) is 2.36. The van der Waals surface area contributed by atoms with Crippen LogP contribution in [0.2, 0.25) is 0 Å². The Hall–Kier alpha value is -7.01. The van der Waals surface area contributed by atoms with Crippen LogP contribution in [-0.2, 0) is 0 Å². The van der Waals surface area contributed by atoms with Crippen LogP contribution in [0.5, 0.6) is 0 Å². The molecule has 0 fully saturated rings. The van der Waals surface area contributed by atoms with Gasteiger partial charge in [0.2, 0.25) is 0 Å². The maximum Gasteiger partial charge on any atom is 0.164 e. The van der Waals surface area contributed by atoms with E-state index in [9.17, 15) is 0 Å². The fourth-order valence-electron chi connectivity index (χ4n) is 7.34. The summed E-state index contributed by atoms with van der Waals surface area (Å²) in [4.78, 5) is 15.3. The van der Waals surface area contributed by atoms with E-state index in [-0.39, 0.29) is 0 Å². The van der Waals surface area contributed by atoms with Gasteiger partial charge in [0.1, 0.15) is 0 Å². The zero-order valence-electron chi connectivity index (χ0n) is 29.8. The van der Waals surface area contributed by atoms with Gasteiger partial charge in [-0.2, -0.15) is 0 Å². The Morgan fingerprint density at radius 2 is 0.673 bits per heavy atom. The maximum absolute atomic E-state index is 5.17. The second-order valence-corrected chi connectivity index (χ2v) is 14.7. The van der Waals surface area contributed by atoms with Crippen LogP contribution >= 0.6 is 11.3 Å². The van der Waals surface area contributed by atoms with Gasteiger partial charge in [0, 0.05) is 36.9 Å². The van der Waals surface area contributed by atoms with Crippen molar-refractivity contribution in [2.24, 2.45) is 0 Å². The van der Waals surface area contributed by atoms with Gasteiger partial charge in [-0.05, 0) is 68.8 Å². The van der Waals surface area contributed by atoms with E-state index < -0.39 is 0 Å². The predicted molar refractivity (Wildman–Crippen MR) is 231 cm³/mol. The van der Waals surface area contributed by atoms with Crippen molar-refractivity contribution >= 4 is 31.5 Å². The quantitative estimate of drug-likeness (QED) is 0.165. The van der Waals surface area contributed by atoms with Crippen molar-refractivity contribution in [1.29, 1.82) is 0 Å². The Labute approximate surface area is 323 Å². The number of nitrogens with zero attached hydrogens (tertiary/aromatic N) is 3. The number of aromatic nitrogens is 3. The van der Waals surface area contributed by atoms with E-state index in [1.54, 1.807) is 11.3 Å². The molecule has 10 aromatic rings. The third-order valence-corrected chi connectivity index (χ3v) is 11.3. The predicted octanol–water partition coefficient (Wildman–Crippen LogP) is 13.9. The van der Waals surface area contributed by atoms with E-state index in [1.165, 1.54) is 53.7 Å². The van der Waals surface area contributed by atoms with Gasteiger partial charge in [0.25, 0.3) is 0 Å². The molecule has 0 aliphatic heterocycles. The van der Waals surface area contributed by atoms with E-state index in [0.29, 0.717) is 17.5 Å². The molecule has 0 amide bonds. The smallest absolute Gasteiger partial charge is 0.164 e. The largest absolute Gasteiger partial charge is 0.208 e. The van der Waals surface area contributed by atoms with Crippen LogP contribution in [0, 0.1) is 0 Å². The molecule has 0 spiro atoms. The van der Waals surface area contributed by atoms with Gasteiger partial charge >= 0.3 is 0 Å². The molecular formula is C51H33N3S. The fourth-order valence-corrected chi connectivity index (χ4v) is 8.45. The maximum atomic E-state index is 5.17. The lowest BCUT2D eigenvalue weighted by Crippen LogP contribution is -2.00. The number of hydrogen-bond donors (Lipinski definition) is 0. The normalized spacial score (nSPS) is 11.3. The van der Waals surface area contributed by atoms with Crippen LogP contribution in [0.3, 0.4) is 0 Å². The molecule has 0 saturated heterocycles. The zero-order valence-corrected chi connectivity index (χ0v) is 30.6. The minimum Gasteiger partial charge on any atom is -0.208 e. The highest BCUT2D eigenvalue weighted by molar-refractivity contribution is 7.26. The first kappa shape index (κ1) is 32.6. The standard InChI is InChI=1S/C51H33N3S/c1-4-12-34(13-5-1)36-26-28-40(29-27-36)50-52-49(39-16-8-3-9-17-39)53-51(54-50)44-20-11-21-47-48(44)45-33-43(30-31-46(45)55-47)38-24-22-37(23-25-38)42-19-10-18-41(32-42)35-14-6-2-7-15-35/h1-33H. The van der Waals surface area contributed by atoms with Gasteiger partial charge in [-0.15, -0.1) is 11.3 Å². The van der Waals surface area contributed by atoms with Gasteiger partial charge in [0.15, 0.2) is 17.5 Å². The summed E-state index contributed by atoms with van der Waals surface area (Å²) >= 11 is 1.80. The van der Waals surface area contributed by atoms with Gasteiger partial charge in [0.05, 0.1) is 0 Å². The molecule has 3 nitrogen and oxygen atoms in total. The lowest BCUT2D eigenvalue weighted by Gasteiger charge is -2.10. The van der Waals surface area contributed by atoms with Crippen LogP contribution < -0.4 is 0 Å². The first-order valence-electron chi connectivity index (χ1n) is 18.4. The fraction of sp³-hybridized carbons (Fsp3) is 0. The average molecular weight is 720 g/mol. The molecule has 2 aromatic heterocycles. The van der Waals surface area contributed by atoms with Crippen LogP contribution in [0.15, 0.2) is 200 Å². The van der Waals surface area contributed by atoms with Gasteiger partial charge in [-0.3, -0.25) is 0 Å². The van der Waals surface area contributed by atoms with E-state index in [2.05, 4.69) is 176 Å². The molecule has 2 heterocycles. The Morgan fingerprint density at radius 3 is 1.27 bits per heavy atom. The van der Waals surface area contributed by atoms with Crippen LogP contribution in [0.25, 0.3) is 98.8 Å². The summed E-state index contributed by atoms with van der Waals surface area (Å²) in [6, 6.07) is 70.6. The summed E-state index contributed by atoms with van der Waals surface area (Å²) in [6.07, 6.45) is 0. The van der Waals surface area contributed by atoms with E-state index >= 15 is 0 Å². The highest BCUT2D eigenvalue weighted by atomic mass is 32.1. The number of thiophene rings is 1. The minimum absolute atomic E-state index is 0.648. The molecule has 0 bridgehead atoms. The second kappa shape index (κ2) is 14.1. The van der Waals surface area contributed by atoms with E-state index in [1.807, 2.05) is 24.3 Å². The van der Waals surface area contributed by atoms with Crippen molar-refractivity contribution in [3.05, 3.63) is 200 Å². The lowest BCUT2D eigenvalue weighted by molar-refractivity contribution is 1.08. The Balaban J connectivity index is 1.05. The van der Waals surface area contributed by atoms with Crippen molar-refractivity contribution in [3.8, 4) is 78.7 Å². The van der Waals surface area contributed by atoms with Crippen molar-refractivity contribution < 1.29 is 0 Å². The summed E-state index contributed by atoms with van der Waals surface area (Å²) in [5.74, 6) is 1.96. The Kier molecular flexibility index (Phi) is 8.36. The summed E-state index contributed by atoms with van der Waals surface area (Å²) in [7, 11) is 0. The highest BCUT2D eigenvalue weighted by Gasteiger charge is 2.18. The van der Waals surface area contributed by atoms with Crippen molar-refractivity contribution in [1.82, 2.24) is 15.0 Å². The Bertz CT molecular complexity index is 2940. The van der Waals surface area contributed by atoms with Crippen LogP contribution in [-0.4, -0.2) is 15.0 Å². The SMILES string of the molecule is c1ccc(-c2ccc(-c3nc(-c4ccccc4)nc(-c4cccc5sc6ccc(-c7ccc(-c8cccc(-c9ccccc9)c8)cc7)cc6c45)n3)cc2)cc1. The molecule has 8 aromatic carbocycles. The third-order valence-electron chi connectivity index (χ3n) is 10.2. The first-order chi connectivity index (χ1) is 27.2. The number of fused-ring (bicyclic) bond motifs is 3. The molecule has 0 aliphatic rings. The van der Waals surface area contributed by atoms with Crippen LogP contribution in [0.4, 0.5) is 0 Å². The molecule has 258 valence electrons. The number of rotatable bonds is 7. The first-order valence-corrected chi connectivity index (χ1v) is 19.2. The number of hydrogen-bond acceptors (Lipinski definition) is 4. The molecule has 0 atom stereocenters. The van der Waals surface area contributed by atoms with E-state index in [0.717, 1.165) is 27.6 Å². The lowest BCUT2D eigenvalue weighted by atomic mass is 9.96. The Morgan fingerprint density at radius 1 is 0.273 bits per heavy atom. The molecule has 4 heteroatoms. The minimum atomic E-state index is 0.648. The molecule has 0 radical (unpaired) electrons.